The molecule has 31 heavy (non-hydrogen) atoms. The van der Waals surface area contributed by atoms with E-state index >= 15 is 0 Å². The van der Waals surface area contributed by atoms with E-state index in [0.717, 1.165) is 42.1 Å². The lowest BCUT2D eigenvalue weighted by atomic mass is 10.2. The molecule has 0 radical (unpaired) electrons. The van der Waals surface area contributed by atoms with Gasteiger partial charge in [0.2, 0.25) is 5.88 Å². The molecule has 7 nitrogen and oxygen atoms in total. The largest absolute Gasteiger partial charge is 0.490 e. The van der Waals surface area contributed by atoms with E-state index in [1.165, 1.54) is 4.88 Å². The average molecular weight is 439 g/mol. The van der Waals surface area contributed by atoms with Crippen LogP contribution in [0, 0.1) is 0 Å². The molecule has 0 fully saturated rings. The number of aromatic nitrogens is 1. The second-order valence-corrected chi connectivity index (χ2v) is 7.96. The molecule has 2 N–H and O–H groups in total. The van der Waals surface area contributed by atoms with Crippen LogP contribution in [0.1, 0.15) is 16.9 Å². The molecule has 3 heterocycles. The van der Waals surface area contributed by atoms with Crippen molar-refractivity contribution in [2.45, 2.75) is 19.4 Å². The van der Waals surface area contributed by atoms with E-state index in [1.807, 2.05) is 30.3 Å². The third-order valence-corrected chi connectivity index (χ3v) is 5.64. The molecule has 8 heteroatoms. The number of methoxy groups -OCH3 is 1. The first-order valence-corrected chi connectivity index (χ1v) is 11.1. The van der Waals surface area contributed by atoms with Crippen LogP contribution in [0.25, 0.3) is 0 Å². The van der Waals surface area contributed by atoms with Crippen LogP contribution in [-0.2, 0) is 13.0 Å². The van der Waals surface area contributed by atoms with E-state index in [2.05, 4.69) is 33.1 Å². The summed E-state index contributed by atoms with van der Waals surface area (Å²) in [6.45, 7) is 2.53. The lowest BCUT2D eigenvalue weighted by Gasteiger charge is -2.15. The van der Waals surface area contributed by atoms with Crippen LogP contribution in [0.15, 0.2) is 59.0 Å². The Labute approximate surface area is 186 Å². The maximum Gasteiger partial charge on any atom is 0.218 e. The number of guanidine groups is 1. The monoisotopic (exact) mass is 438 g/mol. The van der Waals surface area contributed by atoms with Crippen molar-refractivity contribution in [2.24, 2.45) is 4.99 Å². The summed E-state index contributed by atoms with van der Waals surface area (Å²) >= 11 is 1.76. The Kier molecular flexibility index (Phi) is 7.23. The summed E-state index contributed by atoms with van der Waals surface area (Å²) < 4.78 is 16.9. The van der Waals surface area contributed by atoms with Gasteiger partial charge in [0, 0.05) is 41.4 Å². The van der Waals surface area contributed by atoms with Gasteiger partial charge < -0.3 is 24.8 Å². The van der Waals surface area contributed by atoms with Crippen LogP contribution in [-0.4, -0.2) is 37.8 Å². The maximum absolute atomic E-state index is 5.81. The molecule has 0 bridgehead atoms. The van der Waals surface area contributed by atoms with Crippen LogP contribution in [0.5, 0.6) is 17.4 Å². The zero-order chi connectivity index (χ0) is 21.3. The van der Waals surface area contributed by atoms with E-state index in [1.54, 1.807) is 24.6 Å². The fourth-order valence-corrected chi connectivity index (χ4v) is 3.88. The van der Waals surface area contributed by atoms with E-state index < -0.39 is 0 Å². The van der Waals surface area contributed by atoms with Crippen LogP contribution in [0.3, 0.4) is 0 Å². The van der Waals surface area contributed by atoms with Crippen molar-refractivity contribution < 1.29 is 14.2 Å². The van der Waals surface area contributed by atoms with Crippen molar-refractivity contribution in [1.29, 1.82) is 0 Å². The number of hydrogen-bond acceptors (Lipinski definition) is 6. The molecule has 1 aromatic carbocycles. The molecule has 162 valence electrons. The molecule has 0 amide bonds. The summed E-state index contributed by atoms with van der Waals surface area (Å²) in [6.07, 6.45) is 3.51. The quantitative estimate of drug-likeness (QED) is 0.427. The standard InChI is InChI=1S/C23H26N4O3S/c1-28-22-17(5-2-10-24-22)16-26-23(25-11-9-19-6-3-14-31-19)27-18-7-8-20-21(15-18)30-13-4-12-29-20/h2-3,5-8,10,14-15H,4,9,11-13,16H2,1H3,(H2,25,26,27). The zero-order valence-electron chi connectivity index (χ0n) is 17.5. The van der Waals surface area contributed by atoms with Gasteiger partial charge >= 0.3 is 0 Å². The van der Waals surface area contributed by atoms with Crippen molar-refractivity contribution in [3.05, 3.63) is 64.5 Å². The molecule has 1 aliphatic rings. The Balaban J connectivity index is 1.49. The highest BCUT2D eigenvalue weighted by atomic mass is 32.1. The topological polar surface area (TPSA) is 77.0 Å². The van der Waals surface area contributed by atoms with Gasteiger partial charge in [0.25, 0.3) is 0 Å². The molecule has 1 aliphatic heterocycles. The van der Waals surface area contributed by atoms with Crippen molar-refractivity contribution in [2.75, 3.05) is 32.2 Å². The third-order valence-electron chi connectivity index (χ3n) is 4.71. The predicted molar refractivity (Wildman–Crippen MR) is 124 cm³/mol. The Morgan fingerprint density at radius 3 is 2.90 bits per heavy atom. The van der Waals surface area contributed by atoms with Gasteiger partial charge in [-0.25, -0.2) is 9.98 Å². The van der Waals surface area contributed by atoms with Gasteiger partial charge in [-0.05, 0) is 36.1 Å². The van der Waals surface area contributed by atoms with E-state index in [0.29, 0.717) is 31.6 Å². The summed E-state index contributed by atoms with van der Waals surface area (Å²) in [7, 11) is 1.62. The van der Waals surface area contributed by atoms with Gasteiger partial charge in [-0.15, -0.1) is 11.3 Å². The minimum atomic E-state index is 0.440. The number of pyridine rings is 1. The smallest absolute Gasteiger partial charge is 0.218 e. The van der Waals surface area contributed by atoms with Gasteiger partial charge in [0.1, 0.15) is 0 Å². The Hall–Kier alpha value is -3.26. The Morgan fingerprint density at radius 2 is 2.06 bits per heavy atom. The highest BCUT2D eigenvalue weighted by Crippen LogP contribution is 2.32. The normalized spacial score (nSPS) is 13.4. The van der Waals surface area contributed by atoms with Crippen LogP contribution >= 0.6 is 11.3 Å². The summed E-state index contributed by atoms with van der Waals surface area (Å²) in [5.41, 5.74) is 1.80. The van der Waals surface area contributed by atoms with Crippen LogP contribution < -0.4 is 24.8 Å². The summed E-state index contributed by atoms with van der Waals surface area (Å²) in [4.78, 5) is 10.3. The number of benzene rings is 1. The van der Waals surface area contributed by atoms with Crippen molar-refractivity contribution in [3.63, 3.8) is 0 Å². The number of rotatable bonds is 7. The molecule has 0 unspecified atom stereocenters. The number of nitrogens with zero attached hydrogens (tertiary/aromatic N) is 2. The molecular formula is C23H26N4O3S. The number of nitrogens with one attached hydrogen (secondary N) is 2. The number of fused-ring (bicyclic) bond motifs is 1. The summed E-state index contributed by atoms with van der Waals surface area (Å²) in [5, 5.41) is 8.89. The molecule has 0 spiro atoms. The number of thiophene rings is 1. The van der Waals surface area contributed by atoms with Gasteiger partial charge in [-0.3, -0.25) is 0 Å². The second kappa shape index (κ2) is 10.7. The average Bonchev–Trinajstić information content (AvgIpc) is 3.21. The second-order valence-electron chi connectivity index (χ2n) is 6.93. The lowest BCUT2D eigenvalue weighted by molar-refractivity contribution is 0.297. The maximum atomic E-state index is 5.81. The first-order valence-electron chi connectivity index (χ1n) is 10.3. The van der Waals surface area contributed by atoms with Gasteiger partial charge in [-0.2, -0.15) is 0 Å². The molecule has 4 rings (SSSR count). The van der Waals surface area contributed by atoms with Crippen molar-refractivity contribution >= 4 is 23.0 Å². The molecule has 2 aromatic heterocycles. The first kappa shape index (κ1) is 21.0. The molecule has 0 atom stereocenters. The van der Waals surface area contributed by atoms with Crippen LogP contribution in [0.2, 0.25) is 0 Å². The highest BCUT2D eigenvalue weighted by molar-refractivity contribution is 7.09. The van der Waals surface area contributed by atoms with Crippen molar-refractivity contribution in [3.8, 4) is 17.4 Å². The lowest BCUT2D eigenvalue weighted by Crippen LogP contribution is -2.32. The minimum absolute atomic E-state index is 0.440. The fourth-order valence-electron chi connectivity index (χ4n) is 3.17. The summed E-state index contributed by atoms with van der Waals surface area (Å²) in [6, 6.07) is 13.9. The van der Waals surface area contributed by atoms with Crippen molar-refractivity contribution in [1.82, 2.24) is 10.3 Å². The van der Waals surface area contributed by atoms with E-state index in [9.17, 15) is 0 Å². The number of anilines is 1. The molecular weight excluding hydrogens is 412 g/mol. The van der Waals surface area contributed by atoms with Gasteiger partial charge in [0.15, 0.2) is 17.5 Å². The molecule has 0 saturated heterocycles. The van der Waals surface area contributed by atoms with Gasteiger partial charge in [-0.1, -0.05) is 12.1 Å². The fraction of sp³-hybridized carbons (Fsp3) is 0.304. The Bertz CT molecular complexity index is 1010. The number of hydrogen-bond donors (Lipinski definition) is 2. The molecule has 0 aliphatic carbocycles. The summed E-state index contributed by atoms with van der Waals surface area (Å²) in [5.74, 6) is 2.78. The SMILES string of the molecule is COc1ncccc1CN=C(NCCc1cccs1)Nc1ccc2c(c1)OCCCO2. The molecule has 0 saturated carbocycles. The first-order chi connectivity index (χ1) is 15.3. The van der Waals surface area contributed by atoms with E-state index in [-0.39, 0.29) is 0 Å². The third kappa shape index (κ3) is 5.88. The van der Waals surface area contributed by atoms with Crippen LogP contribution in [0.4, 0.5) is 5.69 Å². The predicted octanol–water partition coefficient (Wildman–Crippen LogP) is 4.11. The minimum Gasteiger partial charge on any atom is -0.490 e. The number of aliphatic imine (C=N–C) groups is 1. The highest BCUT2D eigenvalue weighted by Gasteiger charge is 2.12. The Morgan fingerprint density at radius 1 is 1.16 bits per heavy atom. The molecule has 3 aromatic rings. The van der Waals surface area contributed by atoms with Gasteiger partial charge in [0.05, 0.1) is 26.9 Å². The number of ether oxygens (including phenoxy) is 3. The van der Waals surface area contributed by atoms with E-state index in [4.69, 9.17) is 19.2 Å². The zero-order valence-corrected chi connectivity index (χ0v) is 18.3.